The molecule has 1 fully saturated rings. The fraction of sp³-hybridized carbons (Fsp3) is 0.929. The second-order valence-corrected chi connectivity index (χ2v) is 5.38. The smallest absolute Gasteiger partial charge is 0.315 e. The zero-order valence-electron chi connectivity index (χ0n) is 12.3. The molecule has 1 heterocycles. The number of aliphatic hydroxyl groups is 1. The number of hydrogen-bond acceptors (Lipinski definition) is 3. The first-order valence-corrected chi connectivity index (χ1v) is 7.59. The van der Waals surface area contributed by atoms with Crippen LogP contribution in [0.2, 0.25) is 0 Å². The molecule has 0 aromatic rings. The topological polar surface area (TPSA) is 64.6 Å². The van der Waals surface area contributed by atoms with Crippen molar-refractivity contribution in [2.45, 2.75) is 58.0 Å². The van der Waals surface area contributed by atoms with Crippen molar-refractivity contribution in [2.75, 3.05) is 26.2 Å². The van der Waals surface area contributed by atoms with E-state index >= 15 is 0 Å². The third kappa shape index (κ3) is 6.25. The fourth-order valence-corrected chi connectivity index (χ4v) is 2.37. The number of likely N-dealkylation sites (tertiary alicyclic amines) is 1. The average molecular weight is 271 g/mol. The predicted octanol–water partition coefficient (Wildman–Crippen LogP) is 1.32. The molecule has 0 aromatic carbocycles. The maximum absolute atomic E-state index is 11.7. The molecule has 5 heteroatoms. The summed E-state index contributed by atoms with van der Waals surface area (Å²) < 4.78 is 0. The van der Waals surface area contributed by atoms with Gasteiger partial charge in [0.2, 0.25) is 0 Å². The van der Waals surface area contributed by atoms with Crippen LogP contribution in [0.15, 0.2) is 0 Å². The number of nitrogens with zero attached hydrogens (tertiary/aromatic N) is 1. The van der Waals surface area contributed by atoms with Gasteiger partial charge < -0.3 is 20.6 Å². The van der Waals surface area contributed by atoms with Crippen molar-refractivity contribution < 1.29 is 9.90 Å². The van der Waals surface area contributed by atoms with Gasteiger partial charge in [-0.15, -0.1) is 0 Å². The Morgan fingerprint density at radius 3 is 2.58 bits per heavy atom. The number of amides is 2. The lowest BCUT2D eigenvalue weighted by molar-refractivity contribution is 0.184. The van der Waals surface area contributed by atoms with Crippen molar-refractivity contribution in [1.82, 2.24) is 15.5 Å². The van der Waals surface area contributed by atoms with Crippen LogP contribution in [0, 0.1) is 0 Å². The summed E-state index contributed by atoms with van der Waals surface area (Å²) in [5.74, 6) is 0. The lowest BCUT2D eigenvalue weighted by Gasteiger charge is -2.32. The van der Waals surface area contributed by atoms with E-state index in [0.29, 0.717) is 0 Å². The Bertz CT molecular complexity index is 249. The lowest BCUT2D eigenvalue weighted by Crippen LogP contribution is -2.50. The van der Waals surface area contributed by atoms with Crippen LogP contribution in [0.25, 0.3) is 0 Å². The van der Waals surface area contributed by atoms with Gasteiger partial charge in [0.15, 0.2) is 0 Å². The summed E-state index contributed by atoms with van der Waals surface area (Å²) in [6, 6.07) is -0.00775. The van der Waals surface area contributed by atoms with E-state index in [1.54, 1.807) is 0 Å². The van der Waals surface area contributed by atoms with Gasteiger partial charge in [-0.3, -0.25) is 0 Å². The quantitative estimate of drug-likeness (QED) is 0.654. The van der Waals surface area contributed by atoms with Gasteiger partial charge in [-0.05, 0) is 32.2 Å². The number of hydrogen-bond donors (Lipinski definition) is 3. The van der Waals surface area contributed by atoms with Crippen LogP contribution >= 0.6 is 0 Å². The molecule has 0 spiro atoms. The highest BCUT2D eigenvalue weighted by Gasteiger charge is 2.20. The standard InChI is InChI=1S/C14H29N3O2/c1-3-5-8-17-9-6-13(7-10-17)16-14(19)15-12(4-2)11-18/h12-13,18H,3-11H2,1-2H3,(H2,15,16,19). The minimum absolute atomic E-state index is 0.000613. The van der Waals surface area contributed by atoms with Crippen molar-refractivity contribution in [3.8, 4) is 0 Å². The van der Waals surface area contributed by atoms with E-state index < -0.39 is 0 Å². The third-order valence-corrected chi connectivity index (χ3v) is 3.80. The molecule has 2 amide bonds. The molecule has 19 heavy (non-hydrogen) atoms. The summed E-state index contributed by atoms with van der Waals surface area (Å²) in [6.45, 7) is 7.48. The Labute approximate surface area is 116 Å². The van der Waals surface area contributed by atoms with Crippen LogP contribution in [-0.4, -0.2) is 54.4 Å². The molecule has 0 aromatic heterocycles. The SMILES string of the molecule is CCCCN1CCC(NC(=O)NC(CC)CO)CC1. The van der Waals surface area contributed by atoms with Crippen LogP contribution in [0.4, 0.5) is 4.79 Å². The zero-order valence-corrected chi connectivity index (χ0v) is 12.3. The summed E-state index contributed by atoms with van der Waals surface area (Å²) in [7, 11) is 0. The third-order valence-electron chi connectivity index (χ3n) is 3.80. The molecule has 1 saturated heterocycles. The van der Waals surface area contributed by atoms with E-state index in [9.17, 15) is 4.79 Å². The number of unbranched alkanes of at least 4 members (excludes halogenated alkanes) is 1. The average Bonchev–Trinajstić information content (AvgIpc) is 2.44. The number of piperidine rings is 1. The van der Waals surface area contributed by atoms with Gasteiger partial charge >= 0.3 is 6.03 Å². The first-order valence-electron chi connectivity index (χ1n) is 7.59. The summed E-state index contributed by atoms with van der Waals surface area (Å²) in [5.41, 5.74) is 0. The van der Waals surface area contributed by atoms with Crippen LogP contribution in [0.3, 0.4) is 0 Å². The predicted molar refractivity (Wildman–Crippen MR) is 77.2 cm³/mol. The molecular formula is C14H29N3O2. The van der Waals surface area contributed by atoms with E-state index in [0.717, 1.165) is 32.4 Å². The van der Waals surface area contributed by atoms with Crippen LogP contribution in [0.1, 0.15) is 46.0 Å². The molecule has 0 radical (unpaired) electrons. The highest BCUT2D eigenvalue weighted by Crippen LogP contribution is 2.11. The maximum Gasteiger partial charge on any atom is 0.315 e. The van der Waals surface area contributed by atoms with E-state index in [1.807, 2.05) is 6.92 Å². The number of nitrogens with one attached hydrogen (secondary N) is 2. The van der Waals surface area contributed by atoms with Crippen molar-refractivity contribution in [3.05, 3.63) is 0 Å². The molecule has 0 saturated carbocycles. The van der Waals surface area contributed by atoms with Crippen LogP contribution in [-0.2, 0) is 0 Å². The fourth-order valence-electron chi connectivity index (χ4n) is 2.37. The molecule has 112 valence electrons. The van der Waals surface area contributed by atoms with E-state index in [1.165, 1.54) is 19.4 Å². The second-order valence-electron chi connectivity index (χ2n) is 5.38. The summed E-state index contributed by atoms with van der Waals surface area (Å²) >= 11 is 0. The van der Waals surface area contributed by atoms with Crippen molar-refractivity contribution in [2.24, 2.45) is 0 Å². The molecule has 3 N–H and O–H groups in total. The molecular weight excluding hydrogens is 242 g/mol. The highest BCUT2D eigenvalue weighted by atomic mass is 16.3. The maximum atomic E-state index is 11.7. The normalized spacial score (nSPS) is 19.1. The van der Waals surface area contributed by atoms with E-state index in [4.69, 9.17) is 5.11 Å². The molecule has 1 aliphatic rings. The first-order chi connectivity index (χ1) is 9.19. The molecule has 0 bridgehead atoms. The summed E-state index contributed by atoms with van der Waals surface area (Å²) in [5, 5.41) is 14.9. The minimum Gasteiger partial charge on any atom is -0.394 e. The van der Waals surface area contributed by atoms with E-state index in [-0.39, 0.29) is 24.7 Å². The lowest BCUT2D eigenvalue weighted by atomic mass is 10.0. The second kappa shape index (κ2) is 9.15. The molecule has 0 aliphatic carbocycles. The Balaban J connectivity index is 2.19. The van der Waals surface area contributed by atoms with Gasteiger partial charge in [0.25, 0.3) is 0 Å². The number of urea groups is 1. The van der Waals surface area contributed by atoms with Crippen LogP contribution < -0.4 is 10.6 Å². The molecule has 1 unspecified atom stereocenters. The Hall–Kier alpha value is -0.810. The molecule has 1 rings (SSSR count). The monoisotopic (exact) mass is 271 g/mol. The molecule has 1 atom stereocenters. The Morgan fingerprint density at radius 1 is 1.37 bits per heavy atom. The van der Waals surface area contributed by atoms with Gasteiger partial charge in [0.05, 0.1) is 12.6 Å². The number of rotatable bonds is 7. The van der Waals surface area contributed by atoms with Gasteiger partial charge in [-0.1, -0.05) is 20.3 Å². The van der Waals surface area contributed by atoms with Gasteiger partial charge in [-0.25, -0.2) is 4.79 Å². The van der Waals surface area contributed by atoms with Crippen molar-refractivity contribution >= 4 is 6.03 Å². The van der Waals surface area contributed by atoms with Gasteiger partial charge in [-0.2, -0.15) is 0 Å². The van der Waals surface area contributed by atoms with Crippen molar-refractivity contribution in [3.63, 3.8) is 0 Å². The van der Waals surface area contributed by atoms with E-state index in [2.05, 4.69) is 22.5 Å². The van der Waals surface area contributed by atoms with Gasteiger partial charge in [0, 0.05) is 19.1 Å². The number of carbonyl (C=O) groups is 1. The van der Waals surface area contributed by atoms with Crippen LogP contribution in [0.5, 0.6) is 0 Å². The number of carbonyl (C=O) groups excluding carboxylic acids is 1. The largest absolute Gasteiger partial charge is 0.394 e. The Morgan fingerprint density at radius 2 is 2.05 bits per heavy atom. The number of aliphatic hydroxyl groups excluding tert-OH is 1. The minimum atomic E-state index is -0.145. The summed E-state index contributed by atoms with van der Waals surface area (Å²) in [6.07, 6.45) is 5.28. The van der Waals surface area contributed by atoms with Crippen molar-refractivity contribution in [1.29, 1.82) is 0 Å². The summed E-state index contributed by atoms with van der Waals surface area (Å²) in [4.78, 5) is 14.2. The van der Waals surface area contributed by atoms with Gasteiger partial charge in [0.1, 0.15) is 0 Å². The first kappa shape index (κ1) is 16.2. The molecule has 5 nitrogen and oxygen atoms in total. The highest BCUT2D eigenvalue weighted by molar-refractivity contribution is 5.74. The zero-order chi connectivity index (χ0) is 14.1. The molecule has 1 aliphatic heterocycles. The Kier molecular flexibility index (Phi) is 7.82.